The van der Waals surface area contributed by atoms with Gasteiger partial charge in [0.2, 0.25) is 5.91 Å². The van der Waals surface area contributed by atoms with Crippen molar-refractivity contribution in [2.45, 2.75) is 26.1 Å². The lowest BCUT2D eigenvalue weighted by Gasteiger charge is -2.10. The Balaban J connectivity index is 2.23. The summed E-state index contributed by atoms with van der Waals surface area (Å²) < 4.78 is 1.88. The molecule has 0 bridgehead atoms. The summed E-state index contributed by atoms with van der Waals surface area (Å²) in [6.07, 6.45) is 1.91. The predicted octanol–water partition coefficient (Wildman–Crippen LogP) is 4.18. The van der Waals surface area contributed by atoms with E-state index in [9.17, 15) is 4.79 Å². The number of amides is 1. The van der Waals surface area contributed by atoms with E-state index in [1.807, 2.05) is 60.8 Å². The van der Waals surface area contributed by atoms with Crippen LogP contribution in [0.15, 0.2) is 42.6 Å². The molecular weight excluding hydrogens is 310 g/mol. The Kier molecular flexibility index (Phi) is 4.09. The molecule has 2 aromatic heterocycles. The molecule has 118 valence electrons. The number of hydrogen-bond donors (Lipinski definition) is 1. The summed E-state index contributed by atoms with van der Waals surface area (Å²) in [4.78, 5) is 16.8. The van der Waals surface area contributed by atoms with Crippen molar-refractivity contribution in [3.8, 4) is 11.3 Å². The van der Waals surface area contributed by atoms with Crippen molar-refractivity contribution in [2.75, 3.05) is 5.32 Å². The number of alkyl halides is 1. The van der Waals surface area contributed by atoms with Crippen molar-refractivity contribution < 1.29 is 4.79 Å². The summed E-state index contributed by atoms with van der Waals surface area (Å²) in [6, 6.07) is 12.0. The molecule has 0 aliphatic heterocycles. The van der Waals surface area contributed by atoms with Crippen LogP contribution in [0.4, 0.5) is 5.82 Å². The van der Waals surface area contributed by atoms with Crippen LogP contribution in [-0.2, 0) is 4.79 Å². The number of carbonyl (C=O) groups is 1. The molecule has 1 aromatic carbocycles. The zero-order chi connectivity index (χ0) is 16.6. The number of pyridine rings is 1. The summed E-state index contributed by atoms with van der Waals surface area (Å²) in [7, 11) is 0. The van der Waals surface area contributed by atoms with Crippen molar-refractivity contribution in [2.24, 2.45) is 0 Å². The zero-order valence-electron chi connectivity index (χ0n) is 13.3. The second-order valence-electron chi connectivity index (χ2n) is 5.66. The highest BCUT2D eigenvalue weighted by atomic mass is 35.5. The number of fused-ring (bicyclic) bond motifs is 1. The summed E-state index contributed by atoms with van der Waals surface area (Å²) in [5.74, 6) is 0.399. The molecule has 1 N–H and O–H groups in total. The van der Waals surface area contributed by atoms with Crippen LogP contribution in [0.25, 0.3) is 16.9 Å². The first-order valence-electron chi connectivity index (χ1n) is 7.47. The van der Waals surface area contributed by atoms with Gasteiger partial charge in [-0.05, 0) is 44.0 Å². The van der Waals surface area contributed by atoms with Crippen LogP contribution in [-0.4, -0.2) is 20.7 Å². The number of carbonyl (C=O) groups excluding carboxylic acids is 1. The van der Waals surface area contributed by atoms with E-state index in [-0.39, 0.29) is 5.91 Å². The second-order valence-corrected chi connectivity index (χ2v) is 6.32. The van der Waals surface area contributed by atoms with Crippen LogP contribution in [0, 0.1) is 13.8 Å². The van der Waals surface area contributed by atoms with Gasteiger partial charge in [-0.15, -0.1) is 11.6 Å². The van der Waals surface area contributed by atoms with Crippen molar-refractivity contribution in [3.05, 3.63) is 53.7 Å². The van der Waals surface area contributed by atoms with Crippen molar-refractivity contribution in [1.29, 1.82) is 0 Å². The highest BCUT2D eigenvalue weighted by molar-refractivity contribution is 6.32. The predicted molar refractivity (Wildman–Crippen MR) is 94.0 cm³/mol. The second kappa shape index (κ2) is 6.05. The zero-order valence-corrected chi connectivity index (χ0v) is 14.1. The molecule has 1 atom stereocenters. The van der Waals surface area contributed by atoms with Crippen LogP contribution in [0.3, 0.4) is 0 Å². The number of nitrogens with one attached hydrogen (secondary N) is 1. The molecule has 4 nitrogen and oxygen atoms in total. The van der Waals surface area contributed by atoms with E-state index >= 15 is 0 Å². The van der Waals surface area contributed by atoms with E-state index in [0.29, 0.717) is 5.82 Å². The van der Waals surface area contributed by atoms with Crippen LogP contribution in [0.5, 0.6) is 0 Å². The van der Waals surface area contributed by atoms with E-state index in [1.165, 1.54) is 0 Å². The summed E-state index contributed by atoms with van der Waals surface area (Å²) in [5, 5.41) is 2.29. The lowest BCUT2D eigenvalue weighted by Crippen LogP contribution is -2.21. The Morgan fingerprint density at radius 1 is 1.26 bits per heavy atom. The van der Waals surface area contributed by atoms with Gasteiger partial charge < -0.3 is 5.32 Å². The molecule has 0 radical (unpaired) electrons. The number of hydrogen-bond acceptors (Lipinski definition) is 2. The quantitative estimate of drug-likeness (QED) is 0.733. The minimum atomic E-state index is -0.615. The Hall–Kier alpha value is -2.33. The van der Waals surface area contributed by atoms with Gasteiger partial charge in [-0.1, -0.05) is 24.3 Å². The number of nitrogens with zero attached hydrogens (tertiary/aromatic N) is 2. The average Bonchev–Trinajstić information content (AvgIpc) is 2.85. The van der Waals surface area contributed by atoms with E-state index in [1.54, 1.807) is 6.92 Å². The molecule has 0 saturated carbocycles. The molecule has 0 aliphatic rings. The largest absolute Gasteiger partial charge is 0.309 e. The average molecular weight is 328 g/mol. The fraction of sp³-hybridized carbons (Fsp3) is 0.222. The smallest absolute Gasteiger partial charge is 0.243 e. The molecule has 0 fully saturated rings. The van der Waals surface area contributed by atoms with Crippen molar-refractivity contribution in [3.63, 3.8) is 0 Å². The first-order chi connectivity index (χ1) is 11.0. The fourth-order valence-corrected chi connectivity index (χ4v) is 2.56. The Morgan fingerprint density at radius 3 is 2.70 bits per heavy atom. The lowest BCUT2D eigenvalue weighted by molar-refractivity contribution is -0.115. The first-order valence-corrected chi connectivity index (χ1v) is 7.90. The molecule has 3 aromatic rings. The standard InChI is InChI=1S/C18H18ClN3O/c1-11-8-9-22-15(10-11)20-16(14-7-5-4-6-12(14)2)17(22)21-18(23)13(3)19/h4-10,13H,1-3H3,(H,21,23)/t13-/m0/s1. The topological polar surface area (TPSA) is 46.4 Å². The van der Waals surface area contributed by atoms with Gasteiger partial charge in [-0.25, -0.2) is 4.98 Å². The highest BCUT2D eigenvalue weighted by Gasteiger charge is 2.19. The minimum Gasteiger partial charge on any atom is -0.309 e. The maximum Gasteiger partial charge on any atom is 0.243 e. The van der Waals surface area contributed by atoms with E-state index in [4.69, 9.17) is 16.6 Å². The Bertz CT molecular complexity index is 883. The molecule has 3 rings (SSSR count). The number of anilines is 1. The number of imidazole rings is 1. The molecule has 5 heteroatoms. The maximum atomic E-state index is 12.1. The number of aryl methyl sites for hydroxylation is 2. The van der Waals surface area contributed by atoms with Gasteiger partial charge >= 0.3 is 0 Å². The number of aromatic nitrogens is 2. The maximum absolute atomic E-state index is 12.1. The van der Waals surface area contributed by atoms with Gasteiger partial charge in [0, 0.05) is 11.8 Å². The molecular formula is C18H18ClN3O. The molecule has 0 spiro atoms. The van der Waals surface area contributed by atoms with Crippen molar-refractivity contribution >= 4 is 29.0 Å². The van der Waals surface area contributed by atoms with E-state index < -0.39 is 5.38 Å². The van der Waals surface area contributed by atoms with Gasteiger partial charge in [0.25, 0.3) is 0 Å². The fourth-order valence-electron chi connectivity index (χ4n) is 2.51. The summed E-state index contributed by atoms with van der Waals surface area (Å²) in [6.45, 7) is 5.69. The van der Waals surface area contributed by atoms with Crippen LogP contribution >= 0.6 is 11.6 Å². The molecule has 0 saturated heterocycles. The molecule has 0 aliphatic carbocycles. The summed E-state index contributed by atoms with van der Waals surface area (Å²) >= 11 is 5.91. The highest BCUT2D eigenvalue weighted by Crippen LogP contribution is 2.31. The molecule has 1 amide bonds. The number of rotatable bonds is 3. The normalized spacial score (nSPS) is 12.3. The van der Waals surface area contributed by atoms with Crippen LogP contribution in [0.2, 0.25) is 0 Å². The molecule has 2 heterocycles. The van der Waals surface area contributed by atoms with E-state index in [2.05, 4.69) is 5.32 Å². The monoisotopic (exact) mass is 327 g/mol. The van der Waals surface area contributed by atoms with Gasteiger partial charge in [-0.2, -0.15) is 0 Å². The number of benzene rings is 1. The van der Waals surface area contributed by atoms with Gasteiger partial charge in [0.1, 0.15) is 22.5 Å². The molecule has 23 heavy (non-hydrogen) atoms. The Morgan fingerprint density at radius 2 is 2.00 bits per heavy atom. The Labute approximate surface area is 140 Å². The first kappa shape index (κ1) is 15.6. The minimum absolute atomic E-state index is 0.246. The third kappa shape index (κ3) is 2.94. The molecule has 0 unspecified atom stereocenters. The summed E-state index contributed by atoms with van der Waals surface area (Å²) in [5.41, 5.74) is 4.75. The van der Waals surface area contributed by atoms with Gasteiger partial charge in [0.05, 0.1) is 0 Å². The number of halogens is 1. The van der Waals surface area contributed by atoms with Crippen LogP contribution in [0.1, 0.15) is 18.1 Å². The third-order valence-electron chi connectivity index (χ3n) is 3.78. The third-order valence-corrected chi connectivity index (χ3v) is 3.98. The van der Waals surface area contributed by atoms with Gasteiger partial charge in [0.15, 0.2) is 0 Å². The van der Waals surface area contributed by atoms with E-state index in [0.717, 1.165) is 28.0 Å². The van der Waals surface area contributed by atoms with Crippen molar-refractivity contribution in [1.82, 2.24) is 9.38 Å². The van der Waals surface area contributed by atoms with Crippen LogP contribution < -0.4 is 5.32 Å². The van der Waals surface area contributed by atoms with Gasteiger partial charge in [-0.3, -0.25) is 9.20 Å². The SMILES string of the molecule is Cc1ccn2c(NC(=O)[C@H](C)Cl)c(-c3ccccc3C)nc2c1. The lowest BCUT2D eigenvalue weighted by atomic mass is 10.1.